The highest BCUT2D eigenvalue weighted by Crippen LogP contribution is 2.25. The van der Waals surface area contributed by atoms with E-state index in [2.05, 4.69) is 42.9 Å². The Morgan fingerprint density at radius 1 is 1.32 bits per heavy atom. The summed E-state index contributed by atoms with van der Waals surface area (Å²) in [6.45, 7) is 15.6. The Balaban J connectivity index is 0.00000441. The van der Waals surface area contributed by atoms with Gasteiger partial charge in [-0.3, -0.25) is 9.89 Å². The van der Waals surface area contributed by atoms with Crippen molar-refractivity contribution in [3.05, 3.63) is 0 Å². The number of aliphatic imine (C=N–C) groups is 1. The fourth-order valence-corrected chi connectivity index (χ4v) is 2.87. The molecule has 0 radical (unpaired) electrons. The minimum atomic E-state index is 0. The van der Waals surface area contributed by atoms with Crippen LogP contribution in [0.4, 0.5) is 0 Å². The molecule has 0 aromatic rings. The first kappa shape index (κ1) is 21.9. The molecular formula is C16H35IN4O. The van der Waals surface area contributed by atoms with E-state index in [9.17, 15) is 0 Å². The molecule has 0 amide bonds. The number of guanidine groups is 1. The molecule has 6 heteroatoms. The zero-order valence-corrected chi connectivity index (χ0v) is 17.1. The van der Waals surface area contributed by atoms with Gasteiger partial charge < -0.3 is 15.8 Å². The van der Waals surface area contributed by atoms with Crippen molar-refractivity contribution in [3.63, 3.8) is 0 Å². The lowest BCUT2D eigenvalue weighted by Gasteiger charge is -2.26. The first-order chi connectivity index (χ1) is 9.89. The molecule has 1 fully saturated rings. The van der Waals surface area contributed by atoms with Crippen LogP contribution in [-0.2, 0) is 4.74 Å². The minimum absolute atomic E-state index is 0. The number of rotatable bonds is 8. The summed E-state index contributed by atoms with van der Waals surface area (Å²) in [5.74, 6) is 1.27. The first-order valence-electron chi connectivity index (χ1n) is 8.23. The molecule has 0 aliphatic carbocycles. The Kier molecular flexibility index (Phi) is 11.4. The molecule has 0 saturated carbocycles. The van der Waals surface area contributed by atoms with Gasteiger partial charge in [-0.25, -0.2) is 0 Å². The normalized spacial score (nSPS) is 17.4. The maximum absolute atomic E-state index is 5.94. The monoisotopic (exact) mass is 426 g/mol. The van der Waals surface area contributed by atoms with Crippen LogP contribution in [0.2, 0.25) is 0 Å². The number of nitrogens with two attached hydrogens (primary N) is 1. The molecule has 0 unspecified atom stereocenters. The van der Waals surface area contributed by atoms with Crippen molar-refractivity contribution in [1.82, 2.24) is 10.2 Å². The van der Waals surface area contributed by atoms with Gasteiger partial charge in [0.1, 0.15) is 0 Å². The average molecular weight is 426 g/mol. The van der Waals surface area contributed by atoms with Gasteiger partial charge in [-0.1, -0.05) is 27.7 Å². The first-order valence-corrected chi connectivity index (χ1v) is 8.23. The van der Waals surface area contributed by atoms with E-state index in [0.29, 0.717) is 11.9 Å². The van der Waals surface area contributed by atoms with Crippen LogP contribution in [0.1, 0.15) is 40.5 Å². The molecule has 22 heavy (non-hydrogen) atoms. The third-order valence-electron chi connectivity index (χ3n) is 3.70. The SMILES string of the molecule is CC(C)CC(C)(C)CN=C(N)NCCCN1CCOCC1.I. The summed E-state index contributed by atoms with van der Waals surface area (Å²) in [7, 11) is 0. The average Bonchev–Trinajstić information content (AvgIpc) is 2.41. The van der Waals surface area contributed by atoms with Crippen LogP contribution in [0.15, 0.2) is 4.99 Å². The number of ether oxygens (including phenoxy) is 1. The second kappa shape index (κ2) is 11.5. The van der Waals surface area contributed by atoms with E-state index in [1.54, 1.807) is 0 Å². The van der Waals surface area contributed by atoms with Gasteiger partial charge in [-0.05, 0) is 30.7 Å². The van der Waals surface area contributed by atoms with E-state index < -0.39 is 0 Å². The van der Waals surface area contributed by atoms with Gasteiger partial charge in [-0.2, -0.15) is 0 Å². The highest BCUT2D eigenvalue weighted by atomic mass is 127. The van der Waals surface area contributed by atoms with E-state index in [0.717, 1.165) is 52.4 Å². The highest BCUT2D eigenvalue weighted by molar-refractivity contribution is 14.0. The molecular weight excluding hydrogens is 391 g/mol. The molecule has 0 atom stereocenters. The quantitative estimate of drug-likeness (QED) is 0.271. The molecule has 132 valence electrons. The highest BCUT2D eigenvalue weighted by Gasteiger charge is 2.18. The van der Waals surface area contributed by atoms with Gasteiger partial charge in [0.05, 0.1) is 13.2 Å². The van der Waals surface area contributed by atoms with Crippen LogP contribution in [0, 0.1) is 11.3 Å². The molecule has 1 aliphatic heterocycles. The Labute approximate surface area is 153 Å². The number of nitrogens with zero attached hydrogens (tertiary/aromatic N) is 2. The maximum Gasteiger partial charge on any atom is 0.188 e. The third kappa shape index (κ3) is 10.6. The number of hydrogen-bond acceptors (Lipinski definition) is 3. The number of nitrogens with one attached hydrogen (secondary N) is 1. The summed E-state index contributed by atoms with van der Waals surface area (Å²) in [6, 6.07) is 0. The summed E-state index contributed by atoms with van der Waals surface area (Å²) in [4.78, 5) is 6.92. The number of morpholine rings is 1. The van der Waals surface area contributed by atoms with Crippen molar-refractivity contribution in [2.24, 2.45) is 22.1 Å². The third-order valence-corrected chi connectivity index (χ3v) is 3.70. The maximum atomic E-state index is 5.94. The molecule has 0 aromatic heterocycles. The summed E-state index contributed by atoms with van der Waals surface area (Å²) in [6.07, 6.45) is 2.26. The summed E-state index contributed by atoms with van der Waals surface area (Å²) < 4.78 is 5.34. The summed E-state index contributed by atoms with van der Waals surface area (Å²) >= 11 is 0. The molecule has 1 rings (SSSR count). The van der Waals surface area contributed by atoms with E-state index >= 15 is 0 Å². The zero-order valence-electron chi connectivity index (χ0n) is 14.7. The largest absolute Gasteiger partial charge is 0.379 e. The standard InChI is InChI=1S/C16H34N4O.HI/c1-14(2)12-16(3,4)13-19-15(17)18-6-5-7-20-8-10-21-11-9-20;/h14H,5-13H2,1-4H3,(H3,17,18,19);1H. The van der Waals surface area contributed by atoms with Crippen molar-refractivity contribution in [2.45, 2.75) is 40.5 Å². The molecule has 1 heterocycles. The molecule has 0 bridgehead atoms. The van der Waals surface area contributed by atoms with Crippen LogP contribution in [0.25, 0.3) is 0 Å². The van der Waals surface area contributed by atoms with Crippen molar-refractivity contribution in [1.29, 1.82) is 0 Å². The van der Waals surface area contributed by atoms with Gasteiger partial charge in [-0.15, -0.1) is 24.0 Å². The topological polar surface area (TPSA) is 62.9 Å². The van der Waals surface area contributed by atoms with Crippen LogP contribution in [0.5, 0.6) is 0 Å². The molecule has 0 aromatic carbocycles. The van der Waals surface area contributed by atoms with Gasteiger partial charge in [0.25, 0.3) is 0 Å². The lowest BCUT2D eigenvalue weighted by atomic mass is 9.84. The van der Waals surface area contributed by atoms with Crippen LogP contribution in [-0.4, -0.2) is 56.8 Å². The Morgan fingerprint density at radius 2 is 1.95 bits per heavy atom. The van der Waals surface area contributed by atoms with E-state index in [1.165, 1.54) is 6.42 Å². The zero-order chi connectivity index (χ0) is 15.7. The summed E-state index contributed by atoms with van der Waals surface area (Å²) in [5.41, 5.74) is 6.15. The van der Waals surface area contributed by atoms with Crippen molar-refractivity contribution < 1.29 is 4.74 Å². The molecule has 5 nitrogen and oxygen atoms in total. The predicted octanol–water partition coefficient (Wildman–Crippen LogP) is 2.30. The minimum Gasteiger partial charge on any atom is -0.379 e. The Hall–Kier alpha value is -0.0800. The fourth-order valence-electron chi connectivity index (χ4n) is 2.87. The van der Waals surface area contributed by atoms with Gasteiger partial charge in [0.2, 0.25) is 0 Å². The molecule has 1 aliphatic rings. The van der Waals surface area contributed by atoms with Crippen LogP contribution < -0.4 is 11.1 Å². The van der Waals surface area contributed by atoms with E-state index in [-0.39, 0.29) is 29.4 Å². The van der Waals surface area contributed by atoms with E-state index in [4.69, 9.17) is 10.5 Å². The number of hydrogen-bond donors (Lipinski definition) is 2. The van der Waals surface area contributed by atoms with Crippen molar-refractivity contribution in [2.75, 3.05) is 45.9 Å². The lowest BCUT2D eigenvalue weighted by Crippen LogP contribution is -2.39. The van der Waals surface area contributed by atoms with Crippen molar-refractivity contribution >= 4 is 29.9 Å². The van der Waals surface area contributed by atoms with Gasteiger partial charge in [0.15, 0.2) is 5.96 Å². The fraction of sp³-hybridized carbons (Fsp3) is 0.938. The second-order valence-electron chi connectivity index (χ2n) is 7.20. The predicted molar refractivity (Wildman–Crippen MR) is 105 cm³/mol. The van der Waals surface area contributed by atoms with Crippen LogP contribution >= 0.6 is 24.0 Å². The molecule has 3 N–H and O–H groups in total. The second-order valence-corrected chi connectivity index (χ2v) is 7.20. The molecule has 1 saturated heterocycles. The smallest absolute Gasteiger partial charge is 0.188 e. The Bertz CT molecular complexity index is 315. The number of halogens is 1. The lowest BCUT2D eigenvalue weighted by molar-refractivity contribution is 0.0376. The molecule has 0 spiro atoms. The summed E-state index contributed by atoms with van der Waals surface area (Å²) in [5, 5.41) is 3.22. The van der Waals surface area contributed by atoms with Crippen molar-refractivity contribution in [3.8, 4) is 0 Å². The van der Waals surface area contributed by atoms with Crippen LogP contribution in [0.3, 0.4) is 0 Å². The van der Waals surface area contributed by atoms with Gasteiger partial charge >= 0.3 is 0 Å². The van der Waals surface area contributed by atoms with Gasteiger partial charge in [0, 0.05) is 26.2 Å². The van der Waals surface area contributed by atoms with E-state index in [1.807, 2.05) is 0 Å². The Morgan fingerprint density at radius 3 is 2.55 bits per heavy atom.